The highest BCUT2D eigenvalue weighted by Crippen LogP contribution is 2.17. The van der Waals surface area contributed by atoms with Crippen LogP contribution in [0.2, 0.25) is 0 Å². The molecule has 0 atom stereocenters. The van der Waals surface area contributed by atoms with Crippen molar-refractivity contribution in [1.82, 2.24) is 10.6 Å². The molecule has 3 heteroatoms. The summed E-state index contributed by atoms with van der Waals surface area (Å²) in [5.41, 5.74) is 0. The van der Waals surface area contributed by atoms with Gasteiger partial charge >= 0.3 is 0 Å². The van der Waals surface area contributed by atoms with Crippen LogP contribution >= 0.6 is 0 Å². The second-order valence-electron chi connectivity index (χ2n) is 4.88. The lowest BCUT2D eigenvalue weighted by Crippen LogP contribution is -2.33. The van der Waals surface area contributed by atoms with Gasteiger partial charge < -0.3 is 10.6 Å². The van der Waals surface area contributed by atoms with Crippen molar-refractivity contribution >= 4 is 5.91 Å². The summed E-state index contributed by atoms with van der Waals surface area (Å²) >= 11 is 0. The van der Waals surface area contributed by atoms with Crippen molar-refractivity contribution in [2.24, 2.45) is 5.92 Å². The molecule has 1 amide bonds. The van der Waals surface area contributed by atoms with Gasteiger partial charge in [0.15, 0.2) is 0 Å². The molecule has 1 aliphatic carbocycles. The first-order valence-electron chi connectivity index (χ1n) is 6.18. The maximum Gasteiger partial charge on any atom is 0.221 e. The van der Waals surface area contributed by atoms with Crippen LogP contribution < -0.4 is 10.6 Å². The van der Waals surface area contributed by atoms with E-state index in [1.165, 1.54) is 25.7 Å². The highest BCUT2D eigenvalue weighted by molar-refractivity contribution is 5.76. The van der Waals surface area contributed by atoms with Crippen LogP contribution in [0.3, 0.4) is 0 Å². The van der Waals surface area contributed by atoms with Crippen LogP contribution in [0.1, 0.15) is 46.0 Å². The normalized spacial score (nSPS) is 17.3. The molecule has 88 valence electrons. The summed E-state index contributed by atoms with van der Waals surface area (Å²) in [4.78, 5) is 11.4. The Bertz CT molecular complexity index is 186. The van der Waals surface area contributed by atoms with E-state index >= 15 is 0 Å². The predicted molar refractivity (Wildman–Crippen MR) is 62.7 cm³/mol. The van der Waals surface area contributed by atoms with E-state index in [4.69, 9.17) is 0 Å². The molecule has 1 saturated carbocycles. The molecule has 1 aliphatic rings. The minimum atomic E-state index is 0.175. The zero-order chi connectivity index (χ0) is 11.1. The molecular formula is C12H24N2O. The number of amides is 1. The molecule has 15 heavy (non-hydrogen) atoms. The standard InChI is InChI=1S/C12H24N2O/c1-10(2)9-14-12(15)7-8-13-11-5-3-4-6-11/h10-11,13H,3-9H2,1-2H3,(H,14,15). The number of carbonyl (C=O) groups excluding carboxylic acids is 1. The van der Waals surface area contributed by atoms with E-state index in [1.54, 1.807) is 0 Å². The van der Waals surface area contributed by atoms with E-state index in [-0.39, 0.29) is 5.91 Å². The van der Waals surface area contributed by atoms with E-state index in [1.807, 2.05) is 0 Å². The maximum absolute atomic E-state index is 11.4. The highest BCUT2D eigenvalue weighted by atomic mass is 16.1. The average Bonchev–Trinajstić information content (AvgIpc) is 2.67. The minimum absolute atomic E-state index is 0.175. The van der Waals surface area contributed by atoms with Crippen LogP contribution in [-0.4, -0.2) is 25.0 Å². The van der Waals surface area contributed by atoms with Crippen LogP contribution in [0, 0.1) is 5.92 Å². The first-order valence-corrected chi connectivity index (χ1v) is 6.18. The number of carbonyl (C=O) groups is 1. The fourth-order valence-electron chi connectivity index (χ4n) is 1.93. The Hall–Kier alpha value is -0.570. The quantitative estimate of drug-likeness (QED) is 0.703. The molecule has 0 heterocycles. The van der Waals surface area contributed by atoms with E-state index in [0.29, 0.717) is 18.4 Å². The summed E-state index contributed by atoms with van der Waals surface area (Å²) in [5, 5.41) is 6.37. The summed E-state index contributed by atoms with van der Waals surface area (Å²) in [6.07, 6.45) is 5.87. The van der Waals surface area contributed by atoms with Gasteiger partial charge in [0.25, 0.3) is 0 Å². The van der Waals surface area contributed by atoms with E-state index in [0.717, 1.165) is 13.1 Å². The predicted octanol–water partition coefficient (Wildman–Crippen LogP) is 1.68. The van der Waals surface area contributed by atoms with Gasteiger partial charge in [-0.25, -0.2) is 0 Å². The fourth-order valence-corrected chi connectivity index (χ4v) is 1.93. The van der Waals surface area contributed by atoms with Gasteiger partial charge in [0.05, 0.1) is 0 Å². The number of hydrogen-bond acceptors (Lipinski definition) is 2. The van der Waals surface area contributed by atoms with Crippen LogP contribution in [0.4, 0.5) is 0 Å². The molecule has 0 saturated heterocycles. The average molecular weight is 212 g/mol. The minimum Gasteiger partial charge on any atom is -0.356 e. The summed E-state index contributed by atoms with van der Waals surface area (Å²) in [7, 11) is 0. The SMILES string of the molecule is CC(C)CNC(=O)CCNC1CCCC1. The van der Waals surface area contributed by atoms with Crippen molar-refractivity contribution in [3.63, 3.8) is 0 Å². The Kier molecular flexibility index (Phi) is 5.69. The fraction of sp³-hybridized carbons (Fsp3) is 0.917. The summed E-state index contributed by atoms with van der Waals surface area (Å²) in [6, 6.07) is 0.669. The van der Waals surface area contributed by atoms with E-state index in [2.05, 4.69) is 24.5 Å². The zero-order valence-electron chi connectivity index (χ0n) is 10.0. The lowest BCUT2D eigenvalue weighted by molar-refractivity contribution is -0.121. The molecule has 1 rings (SSSR count). The van der Waals surface area contributed by atoms with Gasteiger partial charge in [0.2, 0.25) is 5.91 Å². The first-order chi connectivity index (χ1) is 7.18. The number of hydrogen-bond donors (Lipinski definition) is 2. The largest absolute Gasteiger partial charge is 0.356 e. The molecule has 0 radical (unpaired) electrons. The Morgan fingerprint density at radius 2 is 2.00 bits per heavy atom. The summed E-state index contributed by atoms with van der Waals surface area (Å²) in [5.74, 6) is 0.714. The van der Waals surface area contributed by atoms with Gasteiger partial charge in [0, 0.05) is 25.6 Å². The zero-order valence-corrected chi connectivity index (χ0v) is 10.0. The Balaban J connectivity index is 1.96. The van der Waals surface area contributed by atoms with Crippen LogP contribution in [0.15, 0.2) is 0 Å². The van der Waals surface area contributed by atoms with Gasteiger partial charge in [-0.3, -0.25) is 4.79 Å². The molecule has 2 N–H and O–H groups in total. The third kappa shape index (κ3) is 5.78. The first kappa shape index (κ1) is 12.5. The smallest absolute Gasteiger partial charge is 0.221 e. The Labute approximate surface area is 93.0 Å². The van der Waals surface area contributed by atoms with Crippen molar-refractivity contribution in [3.8, 4) is 0 Å². The van der Waals surface area contributed by atoms with Gasteiger partial charge in [-0.2, -0.15) is 0 Å². The number of rotatable bonds is 6. The van der Waals surface area contributed by atoms with Crippen LogP contribution in [0.25, 0.3) is 0 Å². The molecular weight excluding hydrogens is 188 g/mol. The van der Waals surface area contributed by atoms with Crippen molar-refractivity contribution < 1.29 is 4.79 Å². The van der Waals surface area contributed by atoms with E-state index in [9.17, 15) is 4.79 Å². The topological polar surface area (TPSA) is 41.1 Å². The number of nitrogens with one attached hydrogen (secondary N) is 2. The van der Waals surface area contributed by atoms with Gasteiger partial charge in [0.1, 0.15) is 0 Å². The Morgan fingerprint density at radius 1 is 1.33 bits per heavy atom. The van der Waals surface area contributed by atoms with Gasteiger partial charge in [-0.15, -0.1) is 0 Å². The van der Waals surface area contributed by atoms with Gasteiger partial charge in [-0.1, -0.05) is 26.7 Å². The molecule has 0 aliphatic heterocycles. The molecule has 3 nitrogen and oxygen atoms in total. The molecule has 0 unspecified atom stereocenters. The molecule has 0 aromatic carbocycles. The molecule has 0 aromatic rings. The van der Waals surface area contributed by atoms with Crippen LogP contribution in [0.5, 0.6) is 0 Å². The molecule has 0 bridgehead atoms. The third-order valence-corrected chi connectivity index (χ3v) is 2.85. The highest BCUT2D eigenvalue weighted by Gasteiger charge is 2.13. The maximum atomic E-state index is 11.4. The molecule has 1 fully saturated rings. The van der Waals surface area contributed by atoms with Crippen molar-refractivity contribution in [1.29, 1.82) is 0 Å². The van der Waals surface area contributed by atoms with Crippen molar-refractivity contribution in [3.05, 3.63) is 0 Å². The van der Waals surface area contributed by atoms with Crippen LogP contribution in [-0.2, 0) is 4.79 Å². The second kappa shape index (κ2) is 6.83. The second-order valence-corrected chi connectivity index (χ2v) is 4.88. The summed E-state index contributed by atoms with van der Waals surface area (Å²) < 4.78 is 0. The van der Waals surface area contributed by atoms with Gasteiger partial charge in [-0.05, 0) is 18.8 Å². The molecule has 0 spiro atoms. The third-order valence-electron chi connectivity index (χ3n) is 2.85. The lowest BCUT2D eigenvalue weighted by Gasteiger charge is -2.12. The lowest BCUT2D eigenvalue weighted by atomic mass is 10.2. The van der Waals surface area contributed by atoms with E-state index < -0.39 is 0 Å². The Morgan fingerprint density at radius 3 is 2.60 bits per heavy atom. The van der Waals surface area contributed by atoms with Crippen molar-refractivity contribution in [2.45, 2.75) is 52.0 Å². The monoisotopic (exact) mass is 212 g/mol. The summed E-state index contributed by atoms with van der Waals surface area (Å²) in [6.45, 7) is 5.84. The molecule has 0 aromatic heterocycles. The van der Waals surface area contributed by atoms with Crippen molar-refractivity contribution in [2.75, 3.05) is 13.1 Å².